The Morgan fingerprint density at radius 1 is 0.938 bits per heavy atom. The lowest BCUT2D eigenvalue weighted by Gasteiger charge is -2.40. The average Bonchev–Trinajstić information content (AvgIpc) is 3.05. The van der Waals surface area contributed by atoms with Gasteiger partial charge < -0.3 is 29.7 Å². The van der Waals surface area contributed by atoms with E-state index in [0.29, 0.717) is 35.4 Å². The molecule has 2 fully saturated rings. The van der Waals surface area contributed by atoms with Crippen LogP contribution in [0.15, 0.2) is 60.9 Å². The van der Waals surface area contributed by atoms with Gasteiger partial charge in [-0.1, -0.05) is 6.42 Å². The van der Waals surface area contributed by atoms with E-state index in [2.05, 4.69) is 26.8 Å². The molecule has 2 aliphatic rings. The summed E-state index contributed by atoms with van der Waals surface area (Å²) in [6.07, 6.45) is 3.36. The molecule has 0 unspecified atom stereocenters. The predicted molar refractivity (Wildman–Crippen MR) is 176 cm³/mol. The van der Waals surface area contributed by atoms with Crippen LogP contribution in [0.1, 0.15) is 25.7 Å². The highest BCUT2D eigenvalue weighted by molar-refractivity contribution is 6.15. The second-order valence-electron chi connectivity index (χ2n) is 12.2. The van der Waals surface area contributed by atoms with Crippen LogP contribution in [0, 0.1) is 17.0 Å². The van der Waals surface area contributed by atoms with Gasteiger partial charge in [0.25, 0.3) is 0 Å². The van der Waals surface area contributed by atoms with Crippen molar-refractivity contribution in [2.45, 2.75) is 25.7 Å². The Bertz CT molecular complexity index is 1790. The summed E-state index contributed by atoms with van der Waals surface area (Å²) in [5, 5.41) is 0.471. The van der Waals surface area contributed by atoms with E-state index in [1.807, 2.05) is 0 Å². The van der Waals surface area contributed by atoms with Gasteiger partial charge in [-0.25, -0.2) is 18.7 Å². The molecule has 0 bridgehead atoms. The average molecular weight is 661 g/mol. The maximum atomic E-state index is 15.7. The SMILES string of the molecule is COc1cc2c(Oc3ccc(N(C(=O)C4(C(N)=O)CCC4)c4ccc(F)cc4)cc3F)ncnc2cc1OCCCN1CCN(C)CC1. The van der Waals surface area contributed by atoms with Crippen LogP contribution in [-0.4, -0.2) is 85.1 Å². The zero-order valence-corrected chi connectivity index (χ0v) is 27.0. The van der Waals surface area contributed by atoms with E-state index in [1.54, 1.807) is 12.1 Å². The number of carbonyl (C=O) groups is 2. The Balaban J connectivity index is 1.22. The summed E-state index contributed by atoms with van der Waals surface area (Å²) < 4.78 is 47.1. The van der Waals surface area contributed by atoms with Gasteiger partial charge in [0.05, 0.1) is 30.3 Å². The lowest BCUT2D eigenvalue weighted by Crippen LogP contribution is -2.54. The van der Waals surface area contributed by atoms with E-state index in [9.17, 15) is 14.0 Å². The number of piperazine rings is 1. The van der Waals surface area contributed by atoms with Gasteiger partial charge in [-0.2, -0.15) is 0 Å². The van der Waals surface area contributed by atoms with Gasteiger partial charge in [0, 0.05) is 50.5 Å². The number of hydrogen-bond acceptors (Lipinski definition) is 9. The monoisotopic (exact) mass is 660 g/mol. The fourth-order valence-electron chi connectivity index (χ4n) is 6.04. The maximum absolute atomic E-state index is 15.7. The van der Waals surface area contributed by atoms with E-state index in [0.717, 1.165) is 45.2 Å². The van der Waals surface area contributed by atoms with Gasteiger partial charge in [0.1, 0.15) is 17.6 Å². The molecule has 1 saturated heterocycles. The van der Waals surface area contributed by atoms with Crippen LogP contribution in [0.5, 0.6) is 23.1 Å². The van der Waals surface area contributed by atoms with Crippen molar-refractivity contribution in [1.82, 2.24) is 19.8 Å². The Hall–Kier alpha value is -4.88. The Kier molecular flexibility index (Phi) is 9.69. The third-order valence-electron chi connectivity index (χ3n) is 9.11. The van der Waals surface area contributed by atoms with Crippen molar-refractivity contribution in [3.05, 3.63) is 72.6 Å². The van der Waals surface area contributed by atoms with Gasteiger partial charge >= 0.3 is 0 Å². The minimum absolute atomic E-state index is 0.0835. The molecule has 48 heavy (non-hydrogen) atoms. The normalized spacial score (nSPS) is 16.2. The van der Waals surface area contributed by atoms with Crippen LogP contribution < -0.4 is 24.8 Å². The number of fused-ring (bicyclic) bond motifs is 1. The van der Waals surface area contributed by atoms with Crippen molar-refractivity contribution >= 4 is 34.1 Å². The third-order valence-corrected chi connectivity index (χ3v) is 9.11. The first-order valence-corrected chi connectivity index (χ1v) is 15.9. The predicted octanol–water partition coefficient (Wildman–Crippen LogP) is 5.05. The fraction of sp³-hybridized carbons (Fsp3) is 0.371. The number of primary amides is 1. The molecular formula is C35H38F2N6O5. The maximum Gasteiger partial charge on any atom is 0.247 e. The number of halogens is 2. The van der Waals surface area contributed by atoms with Crippen molar-refractivity contribution in [1.29, 1.82) is 0 Å². The number of carbonyl (C=O) groups excluding carboxylic acids is 2. The van der Waals surface area contributed by atoms with Crippen molar-refractivity contribution in [2.75, 3.05) is 58.4 Å². The highest BCUT2D eigenvalue weighted by atomic mass is 19.1. The van der Waals surface area contributed by atoms with Crippen molar-refractivity contribution in [3.63, 3.8) is 0 Å². The molecule has 252 valence electrons. The molecule has 13 heteroatoms. The molecule has 0 atom stereocenters. The molecule has 2 N–H and O–H groups in total. The summed E-state index contributed by atoms with van der Waals surface area (Å²) in [6.45, 7) is 5.64. The van der Waals surface area contributed by atoms with Gasteiger partial charge in [-0.05, 0) is 68.8 Å². The molecule has 1 aromatic heterocycles. The standard InChI is InChI=1S/C35H38F2N6O5/c1-41-14-16-42(17-15-41)13-4-18-47-31-21-28-26(20-30(31)46-2)32(40-22-39-28)48-29-10-9-25(19-27(29)37)43(24-7-5-23(36)6-8-24)34(45)35(33(38)44)11-3-12-35/h5-10,19-22H,3-4,11-18H2,1-2H3,(H2,38,44). The fourth-order valence-corrected chi connectivity index (χ4v) is 6.04. The van der Waals surface area contributed by atoms with Crippen LogP contribution >= 0.6 is 0 Å². The first-order valence-electron chi connectivity index (χ1n) is 15.9. The van der Waals surface area contributed by atoms with Gasteiger partial charge in [-0.3, -0.25) is 14.5 Å². The molecule has 2 amide bonds. The third kappa shape index (κ3) is 6.74. The number of likely N-dealkylation sites (N-methyl/N-ethyl adjacent to an activating group) is 1. The minimum atomic E-state index is -1.42. The Labute approximate surface area is 277 Å². The van der Waals surface area contributed by atoms with Gasteiger partial charge in [0.15, 0.2) is 23.1 Å². The van der Waals surface area contributed by atoms with Crippen LogP contribution in [0.4, 0.5) is 20.2 Å². The quantitative estimate of drug-likeness (QED) is 0.164. The lowest BCUT2D eigenvalue weighted by atomic mass is 9.67. The number of aromatic nitrogens is 2. The first kappa shape index (κ1) is 33.0. The molecule has 4 aromatic rings. The zero-order valence-electron chi connectivity index (χ0n) is 27.0. The van der Waals surface area contributed by atoms with E-state index >= 15 is 4.39 Å². The Morgan fingerprint density at radius 3 is 2.31 bits per heavy atom. The van der Waals surface area contributed by atoms with Crippen LogP contribution in [-0.2, 0) is 9.59 Å². The molecule has 6 rings (SSSR count). The molecule has 1 aliphatic heterocycles. The number of rotatable bonds is 12. The Morgan fingerprint density at radius 2 is 1.67 bits per heavy atom. The van der Waals surface area contributed by atoms with Crippen molar-refractivity contribution in [2.24, 2.45) is 11.1 Å². The molecule has 11 nitrogen and oxygen atoms in total. The van der Waals surface area contributed by atoms with E-state index in [4.69, 9.17) is 19.9 Å². The number of amides is 2. The van der Waals surface area contributed by atoms with Crippen molar-refractivity contribution in [3.8, 4) is 23.1 Å². The summed E-state index contributed by atoms with van der Waals surface area (Å²) in [5.74, 6) is -1.78. The number of nitrogens with zero attached hydrogens (tertiary/aromatic N) is 5. The number of benzene rings is 3. The molecule has 1 aliphatic carbocycles. The molecule has 1 saturated carbocycles. The molecule has 3 aromatic carbocycles. The number of ether oxygens (including phenoxy) is 3. The zero-order chi connectivity index (χ0) is 33.8. The topological polar surface area (TPSA) is 123 Å². The van der Waals surface area contributed by atoms with E-state index in [-0.39, 0.29) is 35.8 Å². The van der Waals surface area contributed by atoms with Crippen LogP contribution in [0.25, 0.3) is 10.9 Å². The highest BCUT2D eigenvalue weighted by Gasteiger charge is 2.52. The minimum Gasteiger partial charge on any atom is -0.493 e. The summed E-state index contributed by atoms with van der Waals surface area (Å²) in [6, 6.07) is 12.5. The van der Waals surface area contributed by atoms with Crippen LogP contribution in [0.3, 0.4) is 0 Å². The van der Waals surface area contributed by atoms with Gasteiger partial charge in [-0.15, -0.1) is 0 Å². The second-order valence-corrected chi connectivity index (χ2v) is 12.2. The summed E-state index contributed by atoms with van der Waals surface area (Å²) in [5.41, 5.74) is 5.12. The number of methoxy groups -OCH3 is 1. The van der Waals surface area contributed by atoms with E-state index < -0.39 is 28.9 Å². The lowest BCUT2D eigenvalue weighted by molar-refractivity contribution is -0.145. The molecule has 0 radical (unpaired) electrons. The molecule has 2 heterocycles. The van der Waals surface area contributed by atoms with Gasteiger partial charge in [0.2, 0.25) is 17.7 Å². The largest absolute Gasteiger partial charge is 0.493 e. The van der Waals surface area contributed by atoms with Crippen LogP contribution in [0.2, 0.25) is 0 Å². The van der Waals surface area contributed by atoms with E-state index in [1.165, 1.54) is 54.7 Å². The number of nitrogens with two attached hydrogens (primary N) is 1. The number of anilines is 2. The second kappa shape index (κ2) is 14.1. The smallest absolute Gasteiger partial charge is 0.247 e. The highest BCUT2D eigenvalue weighted by Crippen LogP contribution is 2.45. The van der Waals surface area contributed by atoms with Crippen molar-refractivity contribution < 1.29 is 32.6 Å². The summed E-state index contributed by atoms with van der Waals surface area (Å²) in [7, 11) is 3.66. The summed E-state index contributed by atoms with van der Waals surface area (Å²) in [4.78, 5) is 40.7. The molecule has 0 spiro atoms. The summed E-state index contributed by atoms with van der Waals surface area (Å²) >= 11 is 0. The first-order chi connectivity index (χ1) is 23.2. The number of hydrogen-bond donors (Lipinski definition) is 1. The molecular weight excluding hydrogens is 622 g/mol.